The number of aromatic nitrogens is 1. The highest BCUT2D eigenvalue weighted by molar-refractivity contribution is 5.79. The van der Waals surface area contributed by atoms with Crippen molar-refractivity contribution in [3.05, 3.63) is 41.3 Å². The van der Waals surface area contributed by atoms with E-state index in [1.807, 2.05) is 52.0 Å². The highest BCUT2D eigenvalue weighted by atomic mass is 16.5. The van der Waals surface area contributed by atoms with Gasteiger partial charge in [-0.1, -0.05) is 11.2 Å². The van der Waals surface area contributed by atoms with Crippen molar-refractivity contribution in [1.82, 2.24) is 15.8 Å². The molecule has 0 fully saturated rings. The van der Waals surface area contributed by atoms with Crippen LogP contribution in [0, 0.1) is 13.8 Å². The third kappa shape index (κ3) is 6.51. The second-order valence-corrected chi connectivity index (χ2v) is 6.31. The van der Waals surface area contributed by atoms with Crippen LogP contribution in [0.4, 0.5) is 0 Å². The average molecular weight is 374 g/mol. The van der Waals surface area contributed by atoms with Crippen LogP contribution < -0.4 is 20.1 Å². The highest BCUT2D eigenvalue weighted by Gasteiger charge is 2.09. The van der Waals surface area contributed by atoms with E-state index in [0.29, 0.717) is 6.54 Å². The monoisotopic (exact) mass is 374 g/mol. The Kier molecular flexibility index (Phi) is 7.98. The van der Waals surface area contributed by atoms with E-state index in [-0.39, 0.29) is 6.10 Å². The van der Waals surface area contributed by atoms with E-state index < -0.39 is 0 Å². The maximum atomic E-state index is 5.92. The quantitative estimate of drug-likeness (QED) is 0.519. The summed E-state index contributed by atoms with van der Waals surface area (Å²) in [5, 5.41) is 10.6. The number of nitrogens with zero attached hydrogens (tertiary/aromatic N) is 2. The molecule has 2 rings (SSSR count). The molecular weight excluding hydrogens is 344 g/mol. The Morgan fingerprint density at radius 2 is 2.04 bits per heavy atom. The van der Waals surface area contributed by atoms with Gasteiger partial charge in [0.15, 0.2) is 5.96 Å². The number of nitrogens with one attached hydrogen (secondary N) is 2. The fraction of sp³-hybridized carbons (Fsp3) is 0.500. The van der Waals surface area contributed by atoms with Crippen molar-refractivity contribution in [3.63, 3.8) is 0 Å². The Balaban J connectivity index is 1.86. The number of aliphatic imine (C=N–C) groups is 1. The van der Waals surface area contributed by atoms with Crippen LogP contribution in [0.15, 0.2) is 33.8 Å². The lowest BCUT2D eigenvalue weighted by Crippen LogP contribution is -2.39. The molecule has 148 valence electrons. The molecule has 2 aromatic rings. The van der Waals surface area contributed by atoms with Gasteiger partial charge in [-0.25, -0.2) is 4.99 Å². The summed E-state index contributed by atoms with van der Waals surface area (Å²) in [4.78, 5) is 4.61. The molecule has 7 heteroatoms. The van der Waals surface area contributed by atoms with E-state index in [1.54, 1.807) is 7.11 Å². The van der Waals surface area contributed by atoms with Crippen molar-refractivity contribution in [2.45, 2.75) is 40.2 Å². The molecule has 0 bridgehead atoms. The third-order valence-corrected chi connectivity index (χ3v) is 4.08. The van der Waals surface area contributed by atoms with Crippen LogP contribution in [0.25, 0.3) is 0 Å². The van der Waals surface area contributed by atoms with Crippen LogP contribution in [-0.4, -0.2) is 44.0 Å². The maximum absolute atomic E-state index is 5.92. The Hall–Kier alpha value is -2.70. The Labute approximate surface area is 161 Å². The Morgan fingerprint density at radius 1 is 1.26 bits per heavy atom. The Bertz CT molecular complexity index is 723. The van der Waals surface area contributed by atoms with Gasteiger partial charge >= 0.3 is 0 Å². The molecule has 0 amide bonds. The normalized spacial score (nSPS) is 12.6. The van der Waals surface area contributed by atoms with E-state index >= 15 is 0 Å². The van der Waals surface area contributed by atoms with Crippen molar-refractivity contribution in [3.8, 4) is 11.5 Å². The zero-order chi connectivity index (χ0) is 19.6. The van der Waals surface area contributed by atoms with Gasteiger partial charge in [0.25, 0.3) is 0 Å². The summed E-state index contributed by atoms with van der Waals surface area (Å²) >= 11 is 0. The predicted molar refractivity (Wildman–Crippen MR) is 107 cm³/mol. The van der Waals surface area contributed by atoms with Crippen LogP contribution in [0.1, 0.15) is 30.9 Å². The lowest BCUT2D eigenvalue weighted by atomic mass is 10.1. The largest absolute Gasteiger partial charge is 0.497 e. The van der Waals surface area contributed by atoms with Gasteiger partial charge < -0.3 is 24.6 Å². The molecule has 1 atom stereocenters. The lowest BCUT2D eigenvalue weighted by Gasteiger charge is -2.15. The van der Waals surface area contributed by atoms with Crippen LogP contribution in [0.5, 0.6) is 11.5 Å². The second kappa shape index (κ2) is 10.4. The average Bonchev–Trinajstić information content (AvgIpc) is 2.98. The molecule has 0 aliphatic carbocycles. The number of ether oxygens (including phenoxy) is 2. The van der Waals surface area contributed by atoms with Crippen molar-refractivity contribution in [1.29, 1.82) is 0 Å². The molecular formula is C20H30N4O3. The van der Waals surface area contributed by atoms with E-state index in [4.69, 9.17) is 14.0 Å². The van der Waals surface area contributed by atoms with E-state index in [0.717, 1.165) is 54.0 Å². The SMILES string of the molecule is CCNC(=NCC(C)Oc1cccc(OC)c1)NCCc1c(C)noc1C. The van der Waals surface area contributed by atoms with Gasteiger partial charge in [0.2, 0.25) is 0 Å². The minimum absolute atomic E-state index is 0.0601. The zero-order valence-electron chi connectivity index (χ0n) is 16.8. The first kappa shape index (κ1) is 20.6. The molecule has 1 aromatic heterocycles. The molecule has 2 N–H and O–H groups in total. The Morgan fingerprint density at radius 3 is 2.70 bits per heavy atom. The molecule has 27 heavy (non-hydrogen) atoms. The van der Waals surface area contributed by atoms with E-state index in [9.17, 15) is 0 Å². The standard InChI is InChI=1S/C20H30N4O3/c1-6-21-20(22-11-10-19-15(3)24-27-16(19)4)23-13-14(2)26-18-9-7-8-17(12-18)25-5/h7-9,12,14H,6,10-11,13H2,1-5H3,(H2,21,22,23). The van der Waals surface area contributed by atoms with Gasteiger partial charge in [-0.15, -0.1) is 0 Å². The number of hydrogen-bond acceptors (Lipinski definition) is 5. The number of aryl methyl sites for hydroxylation is 2. The molecule has 0 saturated heterocycles. The minimum atomic E-state index is -0.0601. The molecule has 7 nitrogen and oxygen atoms in total. The van der Waals surface area contributed by atoms with Crippen LogP contribution in [0.3, 0.4) is 0 Å². The molecule has 0 aliphatic rings. The van der Waals surface area contributed by atoms with Crippen molar-refractivity contribution < 1.29 is 14.0 Å². The van der Waals surface area contributed by atoms with Gasteiger partial charge in [0, 0.05) is 24.7 Å². The number of rotatable bonds is 9. The summed E-state index contributed by atoms with van der Waals surface area (Å²) in [6.45, 7) is 10.0. The van der Waals surface area contributed by atoms with Crippen molar-refractivity contribution >= 4 is 5.96 Å². The van der Waals surface area contributed by atoms with Gasteiger partial charge in [0.1, 0.15) is 23.4 Å². The van der Waals surface area contributed by atoms with Gasteiger partial charge in [-0.05, 0) is 46.2 Å². The maximum Gasteiger partial charge on any atom is 0.191 e. The highest BCUT2D eigenvalue weighted by Crippen LogP contribution is 2.20. The summed E-state index contributed by atoms with van der Waals surface area (Å²) < 4.78 is 16.3. The van der Waals surface area contributed by atoms with Crippen molar-refractivity contribution in [2.75, 3.05) is 26.7 Å². The van der Waals surface area contributed by atoms with Crippen LogP contribution in [-0.2, 0) is 6.42 Å². The summed E-state index contributed by atoms with van der Waals surface area (Å²) in [5.74, 6) is 3.19. The van der Waals surface area contributed by atoms with Crippen LogP contribution >= 0.6 is 0 Å². The first-order valence-corrected chi connectivity index (χ1v) is 9.28. The minimum Gasteiger partial charge on any atom is -0.497 e. The molecule has 1 heterocycles. The summed E-state index contributed by atoms with van der Waals surface area (Å²) in [6, 6.07) is 7.58. The first-order valence-electron chi connectivity index (χ1n) is 9.28. The van der Waals surface area contributed by atoms with E-state index in [2.05, 4.69) is 20.8 Å². The predicted octanol–water partition coefficient (Wildman–Crippen LogP) is 2.87. The lowest BCUT2D eigenvalue weighted by molar-refractivity contribution is 0.229. The summed E-state index contributed by atoms with van der Waals surface area (Å²) in [5.41, 5.74) is 2.09. The van der Waals surface area contributed by atoms with Gasteiger partial charge in [-0.2, -0.15) is 0 Å². The van der Waals surface area contributed by atoms with E-state index in [1.165, 1.54) is 0 Å². The zero-order valence-corrected chi connectivity index (χ0v) is 16.8. The number of methoxy groups -OCH3 is 1. The fourth-order valence-corrected chi connectivity index (χ4v) is 2.67. The second-order valence-electron chi connectivity index (χ2n) is 6.31. The molecule has 1 aromatic carbocycles. The molecule has 0 aliphatic heterocycles. The van der Waals surface area contributed by atoms with Crippen molar-refractivity contribution in [2.24, 2.45) is 4.99 Å². The smallest absolute Gasteiger partial charge is 0.191 e. The fourth-order valence-electron chi connectivity index (χ4n) is 2.67. The number of hydrogen-bond donors (Lipinski definition) is 2. The first-order chi connectivity index (χ1) is 13.0. The summed E-state index contributed by atoms with van der Waals surface area (Å²) in [6.07, 6.45) is 0.775. The molecule has 0 spiro atoms. The number of benzene rings is 1. The topological polar surface area (TPSA) is 80.9 Å². The van der Waals surface area contributed by atoms with Gasteiger partial charge in [0.05, 0.1) is 19.3 Å². The van der Waals surface area contributed by atoms with Gasteiger partial charge in [-0.3, -0.25) is 0 Å². The van der Waals surface area contributed by atoms with Crippen LogP contribution in [0.2, 0.25) is 0 Å². The molecule has 0 saturated carbocycles. The number of guanidine groups is 1. The molecule has 1 unspecified atom stereocenters. The summed E-state index contributed by atoms with van der Waals surface area (Å²) in [7, 11) is 1.64. The third-order valence-electron chi connectivity index (χ3n) is 4.08. The molecule has 0 radical (unpaired) electrons.